The van der Waals surface area contributed by atoms with Gasteiger partial charge in [-0.3, -0.25) is 4.79 Å². The average molecular weight is 360 g/mol. The highest BCUT2D eigenvalue weighted by Gasteiger charge is 2.17. The van der Waals surface area contributed by atoms with E-state index in [9.17, 15) is 9.59 Å². The van der Waals surface area contributed by atoms with Crippen LogP contribution in [0.2, 0.25) is 0 Å². The third kappa shape index (κ3) is 4.52. The molecule has 27 heavy (non-hydrogen) atoms. The Morgan fingerprint density at radius 2 is 1.63 bits per heavy atom. The number of esters is 1. The summed E-state index contributed by atoms with van der Waals surface area (Å²) in [5.74, 6) is -0.840. The third-order valence-electron chi connectivity index (χ3n) is 4.01. The number of hydrogen-bond acceptors (Lipinski definition) is 3. The average Bonchev–Trinajstić information content (AvgIpc) is 3.25. The van der Waals surface area contributed by atoms with E-state index >= 15 is 0 Å². The second kappa shape index (κ2) is 8.67. The predicted molar refractivity (Wildman–Crippen MR) is 105 cm³/mol. The zero-order chi connectivity index (χ0) is 19.1. The maximum Gasteiger partial charge on any atom is 0.338 e. The molecule has 1 amide bonds. The number of aromatic nitrogens is 1. The largest absolute Gasteiger partial charge is 0.452 e. The van der Waals surface area contributed by atoms with Crippen LogP contribution in [0.5, 0.6) is 0 Å². The Labute approximate surface area is 158 Å². The van der Waals surface area contributed by atoms with E-state index in [4.69, 9.17) is 4.74 Å². The molecule has 1 heterocycles. The number of nitrogens with zero attached hydrogens (tertiary/aromatic N) is 2. The molecule has 0 bridgehead atoms. The van der Waals surface area contributed by atoms with Gasteiger partial charge in [-0.15, -0.1) is 6.58 Å². The second-order valence-corrected chi connectivity index (χ2v) is 5.84. The van der Waals surface area contributed by atoms with Crippen LogP contribution in [0, 0.1) is 0 Å². The third-order valence-corrected chi connectivity index (χ3v) is 4.01. The number of rotatable bonds is 7. The highest BCUT2D eigenvalue weighted by atomic mass is 16.5. The van der Waals surface area contributed by atoms with Crippen molar-refractivity contribution in [1.29, 1.82) is 0 Å². The minimum absolute atomic E-state index is 0.307. The van der Waals surface area contributed by atoms with Gasteiger partial charge in [-0.1, -0.05) is 24.3 Å². The molecule has 2 aromatic carbocycles. The molecule has 0 aliphatic rings. The zero-order valence-electron chi connectivity index (χ0n) is 14.8. The first-order valence-corrected chi connectivity index (χ1v) is 8.56. The molecular weight excluding hydrogens is 340 g/mol. The van der Waals surface area contributed by atoms with Gasteiger partial charge in [-0.25, -0.2) is 4.79 Å². The molecule has 3 rings (SSSR count). The smallest absolute Gasteiger partial charge is 0.338 e. The van der Waals surface area contributed by atoms with Crippen molar-refractivity contribution in [2.75, 3.05) is 18.1 Å². The van der Waals surface area contributed by atoms with Crippen LogP contribution >= 0.6 is 0 Å². The fourth-order valence-electron chi connectivity index (χ4n) is 2.65. The van der Waals surface area contributed by atoms with Crippen LogP contribution in [0.4, 0.5) is 5.69 Å². The highest BCUT2D eigenvalue weighted by molar-refractivity contribution is 5.97. The van der Waals surface area contributed by atoms with Crippen LogP contribution in [-0.2, 0) is 9.53 Å². The molecule has 5 nitrogen and oxygen atoms in total. The van der Waals surface area contributed by atoms with Crippen molar-refractivity contribution >= 4 is 17.6 Å². The van der Waals surface area contributed by atoms with E-state index in [1.54, 1.807) is 18.2 Å². The number of carbonyl (C=O) groups is 2. The highest BCUT2D eigenvalue weighted by Crippen LogP contribution is 2.14. The van der Waals surface area contributed by atoms with Crippen molar-refractivity contribution in [2.45, 2.75) is 0 Å². The number of hydrogen-bond donors (Lipinski definition) is 0. The van der Waals surface area contributed by atoms with Gasteiger partial charge in [0.15, 0.2) is 6.61 Å². The Kier molecular flexibility index (Phi) is 5.84. The van der Waals surface area contributed by atoms with Gasteiger partial charge in [-0.05, 0) is 48.5 Å². The maximum absolute atomic E-state index is 12.5. The van der Waals surface area contributed by atoms with Gasteiger partial charge in [0.1, 0.15) is 0 Å². The van der Waals surface area contributed by atoms with E-state index < -0.39 is 5.97 Å². The Balaban J connectivity index is 1.62. The van der Waals surface area contributed by atoms with Gasteiger partial charge in [0, 0.05) is 30.3 Å². The number of anilines is 1. The summed E-state index contributed by atoms with van der Waals surface area (Å²) in [6.45, 7) is 3.68. The molecule has 0 unspecified atom stereocenters. The molecule has 0 aliphatic heterocycles. The van der Waals surface area contributed by atoms with Gasteiger partial charge in [0.25, 0.3) is 5.91 Å². The van der Waals surface area contributed by atoms with Crippen LogP contribution in [0.15, 0.2) is 91.8 Å². The number of amides is 1. The Bertz CT molecular complexity index is 901. The number of carbonyl (C=O) groups excluding carboxylic acids is 2. The van der Waals surface area contributed by atoms with E-state index in [1.165, 1.54) is 4.90 Å². The molecule has 5 heteroatoms. The Morgan fingerprint density at radius 3 is 2.26 bits per heavy atom. The van der Waals surface area contributed by atoms with Crippen LogP contribution in [0.25, 0.3) is 5.69 Å². The van der Waals surface area contributed by atoms with E-state index in [0.29, 0.717) is 12.1 Å². The summed E-state index contributed by atoms with van der Waals surface area (Å²) in [5.41, 5.74) is 2.07. The molecule has 3 aromatic rings. The van der Waals surface area contributed by atoms with Crippen LogP contribution in [0.1, 0.15) is 10.4 Å². The lowest BCUT2D eigenvalue weighted by Crippen LogP contribution is -2.34. The molecule has 136 valence electrons. The summed E-state index contributed by atoms with van der Waals surface area (Å²) in [6.07, 6.45) is 5.47. The number of ether oxygens (including phenoxy) is 1. The molecule has 0 saturated heterocycles. The van der Waals surface area contributed by atoms with Crippen molar-refractivity contribution in [2.24, 2.45) is 0 Å². The predicted octanol–water partition coefficient (Wildman–Crippen LogP) is 3.85. The van der Waals surface area contributed by atoms with Gasteiger partial charge in [0.2, 0.25) is 0 Å². The molecule has 0 spiro atoms. The topological polar surface area (TPSA) is 51.5 Å². The first-order valence-electron chi connectivity index (χ1n) is 8.56. The van der Waals surface area contributed by atoms with Gasteiger partial charge < -0.3 is 14.2 Å². The fourth-order valence-corrected chi connectivity index (χ4v) is 2.65. The van der Waals surface area contributed by atoms with Crippen molar-refractivity contribution in [3.63, 3.8) is 0 Å². The summed E-state index contributed by atoms with van der Waals surface area (Å²) in [5, 5.41) is 0. The van der Waals surface area contributed by atoms with E-state index in [0.717, 1.165) is 11.4 Å². The number of para-hydroxylation sites is 1. The molecule has 0 radical (unpaired) electrons. The molecule has 0 aliphatic carbocycles. The van der Waals surface area contributed by atoms with Gasteiger partial charge >= 0.3 is 5.97 Å². The minimum Gasteiger partial charge on any atom is -0.452 e. The minimum atomic E-state index is -0.533. The summed E-state index contributed by atoms with van der Waals surface area (Å²) in [6, 6.07) is 20.1. The summed E-state index contributed by atoms with van der Waals surface area (Å²) < 4.78 is 7.13. The van der Waals surface area contributed by atoms with Crippen LogP contribution in [-0.4, -0.2) is 29.6 Å². The molecular formula is C22H20N2O3. The normalized spacial score (nSPS) is 10.2. The monoisotopic (exact) mass is 360 g/mol. The van der Waals surface area contributed by atoms with E-state index in [-0.39, 0.29) is 12.5 Å². The van der Waals surface area contributed by atoms with Crippen molar-refractivity contribution in [3.8, 4) is 5.69 Å². The van der Waals surface area contributed by atoms with Crippen LogP contribution in [0.3, 0.4) is 0 Å². The van der Waals surface area contributed by atoms with Crippen molar-refractivity contribution in [1.82, 2.24) is 4.57 Å². The lowest BCUT2D eigenvalue weighted by Gasteiger charge is -2.21. The Hall–Kier alpha value is -3.60. The standard InChI is InChI=1S/C22H20N2O3/c1-2-14-24(20-8-4-3-5-9-20)21(25)17-27-22(26)18-10-12-19(13-11-18)23-15-6-7-16-23/h2-13,15-16H,1,14,17H2. The Morgan fingerprint density at radius 1 is 0.963 bits per heavy atom. The summed E-state index contributed by atoms with van der Waals surface area (Å²) in [7, 11) is 0. The zero-order valence-corrected chi connectivity index (χ0v) is 14.8. The summed E-state index contributed by atoms with van der Waals surface area (Å²) >= 11 is 0. The summed E-state index contributed by atoms with van der Waals surface area (Å²) in [4.78, 5) is 26.2. The van der Waals surface area contributed by atoms with Gasteiger partial charge in [0.05, 0.1) is 5.56 Å². The van der Waals surface area contributed by atoms with E-state index in [1.807, 2.05) is 71.6 Å². The molecule has 0 N–H and O–H groups in total. The first kappa shape index (κ1) is 18.2. The lowest BCUT2D eigenvalue weighted by atomic mass is 10.2. The van der Waals surface area contributed by atoms with Crippen molar-refractivity contribution < 1.29 is 14.3 Å². The maximum atomic E-state index is 12.5. The number of benzene rings is 2. The quantitative estimate of drug-likeness (QED) is 0.475. The first-order chi connectivity index (χ1) is 13.2. The van der Waals surface area contributed by atoms with Gasteiger partial charge in [-0.2, -0.15) is 0 Å². The van der Waals surface area contributed by atoms with Crippen LogP contribution < -0.4 is 4.90 Å². The molecule has 1 aromatic heterocycles. The SMILES string of the molecule is C=CCN(C(=O)COC(=O)c1ccc(-n2cccc2)cc1)c1ccccc1. The molecule has 0 atom stereocenters. The molecule has 0 fully saturated rings. The second-order valence-electron chi connectivity index (χ2n) is 5.84. The fraction of sp³-hybridized carbons (Fsp3) is 0.0909. The van der Waals surface area contributed by atoms with E-state index in [2.05, 4.69) is 6.58 Å². The van der Waals surface area contributed by atoms with Crippen molar-refractivity contribution in [3.05, 3.63) is 97.3 Å². The lowest BCUT2D eigenvalue weighted by molar-refractivity contribution is -0.121. The molecule has 0 saturated carbocycles.